The smallest absolute Gasteiger partial charge is 0.191 e. The maximum Gasteiger partial charge on any atom is 0.191 e. The van der Waals surface area contributed by atoms with Gasteiger partial charge in [-0.15, -0.1) is 0 Å². The summed E-state index contributed by atoms with van der Waals surface area (Å²) in [4.78, 5) is 4.64. The third-order valence-corrected chi connectivity index (χ3v) is 4.17. The summed E-state index contributed by atoms with van der Waals surface area (Å²) in [6.07, 6.45) is 3.50. The van der Waals surface area contributed by atoms with Gasteiger partial charge in [0.25, 0.3) is 0 Å². The van der Waals surface area contributed by atoms with E-state index in [2.05, 4.69) is 22.5 Å². The lowest BCUT2D eigenvalue weighted by Gasteiger charge is -2.20. The van der Waals surface area contributed by atoms with Crippen LogP contribution in [0.2, 0.25) is 0 Å². The minimum atomic E-state index is -0.349. The molecule has 0 saturated carbocycles. The molecule has 2 atom stereocenters. The third kappa shape index (κ3) is 8.52. The molecule has 3 N–H and O–H groups in total. The molecule has 5 nitrogen and oxygen atoms in total. The number of guanidine groups is 1. The van der Waals surface area contributed by atoms with Gasteiger partial charge >= 0.3 is 0 Å². The first-order chi connectivity index (χ1) is 12.6. The van der Waals surface area contributed by atoms with E-state index in [1.54, 1.807) is 18.2 Å². The number of aliphatic hydroxyl groups is 1. The molecule has 0 radical (unpaired) electrons. The van der Waals surface area contributed by atoms with Crippen molar-refractivity contribution in [1.29, 1.82) is 0 Å². The molecule has 2 unspecified atom stereocenters. The van der Waals surface area contributed by atoms with Crippen molar-refractivity contribution < 1.29 is 14.2 Å². The number of nitrogens with zero attached hydrogens (tertiary/aromatic N) is 1. The van der Waals surface area contributed by atoms with Crippen LogP contribution >= 0.6 is 0 Å². The zero-order valence-electron chi connectivity index (χ0n) is 16.3. The molecule has 0 aliphatic rings. The predicted molar refractivity (Wildman–Crippen MR) is 105 cm³/mol. The number of para-hydroxylation sites is 1. The van der Waals surface area contributed by atoms with Crippen LogP contribution in [-0.4, -0.2) is 43.4 Å². The summed E-state index contributed by atoms with van der Waals surface area (Å²) in [5.74, 6) is 1.03. The van der Waals surface area contributed by atoms with Gasteiger partial charge in [0.1, 0.15) is 6.10 Å². The van der Waals surface area contributed by atoms with Gasteiger partial charge in [-0.25, -0.2) is 4.39 Å². The first kappa shape index (κ1) is 22.2. The van der Waals surface area contributed by atoms with Crippen molar-refractivity contribution in [2.75, 3.05) is 26.2 Å². The second-order valence-corrected chi connectivity index (χ2v) is 6.35. The van der Waals surface area contributed by atoms with Crippen LogP contribution in [0.25, 0.3) is 0 Å². The van der Waals surface area contributed by atoms with Crippen molar-refractivity contribution in [2.45, 2.75) is 52.6 Å². The van der Waals surface area contributed by atoms with Crippen LogP contribution in [0.3, 0.4) is 0 Å². The van der Waals surface area contributed by atoms with E-state index in [0.717, 1.165) is 38.2 Å². The first-order valence-electron chi connectivity index (χ1n) is 9.68. The standard InChI is InChI=1S/C20H34FN3O2/c1-4-9-16(12-13-25)14-23-20(22-6-3)24-15-17(5-2)26-19-11-8-7-10-18(19)21/h7-8,10-11,16-17,25H,4-6,9,12-15H2,1-3H3,(H2,22,23,24). The number of aliphatic hydroxyl groups excluding tert-OH is 1. The quantitative estimate of drug-likeness (QED) is 0.392. The molecule has 0 heterocycles. The molecular weight excluding hydrogens is 333 g/mol. The van der Waals surface area contributed by atoms with Crippen molar-refractivity contribution in [1.82, 2.24) is 10.6 Å². The molecule has 1 aromatic rings. The van der Waals surface area contributed by atoms with Crippen LogP contribution in [0, 0.1) is 11.7 Å². The van der Waals surface area contributed by atoms with Crippen molar-refractivity contribution in [3.05, 3.63) is 30.1 Å². The van der Waals surface area contributed by atoms with E-state index in [0.29, 0.717) is 19.0 Å². The highest BCUT2D eigenvalue weighted by atomic mass is 19.1. The Labute approximate surface area is 157 Å². The number of nitrogens with one attached hydrogen (secondary N) is 2. The summed E-state index contributed by atoms with van der Waals surface area (Å²) in [6, 6.07) is 6.45. The Morgan fingerprint density at radius 1 is 1.19 bits per heavy atom. The summed E-state index contributed by atoms with van der Waals surface area (Å²) in [6.45, 7) is 8.33. The fraction of sp³-hybridized carbons (Fsp3) is 0.650. The lowest BCUT2D eigenvalue weighted by Crippen LogP contribution is -2.42. The van der Waals surface area contributed by atoms with Crippen molar-refractivity contribution in [3.63, 3.8) is 0 Å². The molecule has 0 aliphatic carbocycles. The van der Waals surface area contributed by atoms with E-state index in [-0.39, 0.29) is 24.3 Å². The Kier molecular flexibility index (Phi) is 11.4. The number of hydrogen-bond donors (Lipinski definition) is 3. The number of benzene rings is 1. The van der Waals surface area contributed by atoms with Gasteiger partial charge in [-0.05, 0) is 44.2 Å². The summed E-state index contributed by atoms with van der Waals surface area (Å²) < 4.78 is 19.5. The van der Waals surface area contributed by atoms with E-state index in [1.165, 1.54) is 6.07 Å². The van der Waals surface area contributed by atoms with Gasteiger partial charge in [0.15, 0.2) is 17.5 Å². The monoisotopic (exact) mass is 367 g/mol. The zero-order valence-corrected chi connectivity index (χ0v) is 16.3. The molecule has 0 amide bonds. The van der Waals surface area contributed by atoms with Crippen LogP contribution in [0.15, 0.2) is 29.3 Å². The minimum Gasteiger partial charge on any atom is -0.486 e. The summed E-state index contributed by atoms with van der Waals surface area (Å²) in [5.41, 5.74) is 0. The van der Waals surface area contributed by atoms with Gasteiger partial charge < -0.3 is 20.5 Å². The molecule has 0 fully saturated rings. The highest BCUT2D eigenvalue weighted by Gasteiger charge is 2.12. The number of ether oxygens (including phenoxy) is 1. The average molecular weight is 368 g/mol. The molecule has 0 bridgehead atoms. The van der Waals surface area contributed by atoms with Crippen LogP contribution < -0.4 is 15.4 Å². The molecule has 1 rings (SSSR count). The highest BCUT2D eigenvalue weighted by Crippen LogP contribution is 2.17. The van der Waals surface area contributed by atoms with Crippen LogP contribution in [0.4, 0.5) is 4.39 Å². The maximum absolute atomic E-state index is 13.8. The zero-order chi connectivity index (χ0) is 19.2. The van der Waals surface area contributed by atoms with Gasteiger partial charge in [0.05, 0.1) is 6.54 Å². The van der Waals surface area contributed by atoms with Gasteiger partial charge in [0, 0.05) is 19.7 Å². The van der Waals surface area contributed by atoms with E-state index in [4.69, 9.17) is 4.74 Å². The maximum atomic E-state index is 13.8. The van der Waals surface area contributed by atoms with E-state index in [9.17, 15) is 9.50 Å². The molecule has 148 valence electrons. The molecule has 0 spiro atoms. The van der Waals surface area contributed by atoms with Gasteiger partial charge in [0.2, 0.25) is 0 Å². The highest BCUT2D eigenvalue weighted by molar-refractivity contribution is 5.79. The Bertz CT molecular complexity index is 520. The van der Waals surface area contributed by atoms with Crippen LogP contribution in [-0.2, 0) is 0 Å². The molecule has 6 heteroatoms. The molecular formula is C20H34FN3O2. The summed E-state index contributed by atoms with van der Waals surface area (Å²) in [5, 5.41) is 15.7. The van der Waals surface area contributed by atoms with Crippen LogP contribution in [0.5, 0.6) is 5.75 Å². The van der Waals surface area contributed by atoms with Crippen molar-refractivity contribution in [2.24, 2.45) is 10.9 Å². The number of aliphatic imine (C=N–C) groups is 1. The van der Waals surface area contributed by atoms with Crippen molar-refractivity contribution >= 4 is 5.96 Å². The summed E-state index contributed by atoms with van der Waals surface area (Å²) in [7, 11) is 0. The Morgan fingerprint density at radius 2 is 1.96 bits per heavy atom. The van der Waals surface area contributed by atoms with E-state index >= 15 is 0 Å². The lowest BCUT2D eigenvalue weighted by molar-refractivity contribution is 0.191. The van der Waals surface area contributed by atoms with Crippen LogP contribution in [0.1, 0.15) is 46.5 Å². The number of halogens is 1. The second kappa shape index (κ2) is 13.4. The predicted octanol–water partition coefficient (Wildman–Crippen LogP) is 3.34. The second-order valence-electron chi connectivity index (χ2n) is 6.35. The van der Waals surface area contributed by atoms with Gasteiger partial charge in [-0.3, -0.25) is 4.99 Å². The van der Waals surface area contributed by atoms with E-state index in [1.807, 2.05) is 13.8 Å². The molecule has 26 heavy (non-hydrogen) atoms. The van der Waals surface area contributed by atoms with Crippen molar-refractivity contribution in [3.8, 4) is 5.75 Å². The topological polar surface area (TPSA) is 65.9 Å². The first-order valence-corrected chi connectivity index (χ1v) is 9.68. The largest absolute Gasteiger partial charge is 0.486 e. The molecule has 0 saturated heterocycles. The van der Waals surface area contributed by atoms with Gasteiger partial charge in [-0.1, -0.05) is 32.4 Å². The average Bonchev–Trinajstić information content (AvgIpc) is 2.64. The number of hydrogen-bond acceptors (Lipinski definition) is 3. The Hall–Kier alpha value is -1.82. The number of rotatable bonds is 12. The normalized spacial score (nSPS) is 14.0. The minimum absolute atomic E-state index is 0.153. The molecule has 1 aromatic carbocycles. The van der Waals surface area contributed by atoms with E-state index < -0.39 is 0 Å². The third-order valence-electron chi connectivity index (χ3n) is 4.17. The fourth-order valence-corrected chi connectivity index (χ4v) is 2.68. The summed E-state index contributed by atoms with van der Waals surface area (Å²) >= 11 is 0. The molecule has 0 aromatic heterocycles. The SMILES string of the molecule is CCCC(CCO)CN=C(NCC)NCC(CC)Oc1ccccc1F. The van der Waals surface area contributed by atoms with Gasteiger partial charge in [-0.2, -0.15) is 0 Å². The lowest BCUT2D eigenvalue weighted by atomic mass is 10.0. The Balaban J connectivity index is 2.61. The molecule has 0 aliphatic heterocycles. The Morgan fingerprint density at radius 3 is 2.58 bits per heavy atom. The fourth-order valence-electron chi connectivity index (χ4n) is 2.68.